The fourth-order valence-corrected chi connectivity index (χ4v) is 5.91. The number of aromatic hydroxyl groups is 1. The minimum absolute atomic E-state index is 0.0100. The smallest absolute Gasteiger partial charge is 0.325 e. The van der Waals surface area contributed by atoms with Crippen LogP contribution in [-0.4, -0.2) is 38.5 Å². The zero-order valence-electron chi connectivity index (χ0n) is 18.0. The van der Waals surface area contributed by atoms with Crippen LogP contribution < -0.4 is 10.2 Å². The molecule has 5 rings (SSSR count). The molecule has 2 amide bonds. The maximum atomic E-state index is 13.8. The van der Waals surface area contributed by atoms with Gasteiger partial charge in [-0.05, 0) is 35.2 Å². The first-order valence-corrected chi connectivity index (χ1v) is 11.6. The van der Waals surface area contributed by atoms with Gasteiger partial charge in [0, 0.05) is 23.4 Å². The predicted octanol–water partition coefficient (Wildman–Crippen LogP) is 2.88. The summed E-state index contributed by atoms with van der Waals surface area (Å²) >= 11 is 1.34. The second kappa shape index (κ2) is 8.29. The molecule has 2 saturated heterocycles. The number of nitro benzene ring substituents is 1. The second-order valence-electron chi connectivity index (χ2n) is 8.55. The molecule has 4 unspecified atom stereocenters. The van der Waals surface area contributed by atoms with Gasteiger partial charge in [0.15, 0.2) is 0 Å². The number of carbonyl (C=O) groups excluding carboxylic acids is 2. The summed E-state index contributed by atoms with van der Waals surface area (Å²) in [4.78, 5) is 52.4. The summed E-state index contributed by atoms with van der Waals surface area (Å²) in [7, 11) is 0. The molecular formula is C24H19N3O7S. The third-order valence-corrected chi connectivity index (χ3v) is 7.56. The second-order valence-corrected chi connectivity index (χ2v) is 9.53. The molecule has 4 atom stereocenters. The molecule has 2 aliphatic rings. The quantitative estimate of drug-likeness (QED) is 0.269. The van der Waals surface area contributed by atoms with Gasteiger partial charge in [-0.1, -0.05) is 24.3 Å². The summed E-state index contributed by atoms with van der Waals surface area (Å²) in [6, 6.07) is 13.9. The number of benzene rings is 2. The van der Waals surface area contributed by atoms with Crippen LogP contribution in [0.25, 0.3) is 0 Å². The van der Waals surface area contributed by atoms with Gasteiger partial charge in [0.05, 0.1) is 28.5 Å². The Labute approximate surface area is 202 Å². The average molecular weight is 493 g/mol. The fourth-order valence-electron chi connectivity index (χ4n) is 5.09. The number of nitro groups is 1. The number of nitrogens with zero attached hydrogens (tertiary/aromatic N) is 2. The third-order valence-electron chi connectivity index (χ3n) is 6.60. The van der Waals surface area contributed by atoms with Gasteiger partial charge < -0.3 is 10.2 Å². The number of phenolic OH excluding ortho intramolecular Hbond substituents is 1. The Kier molecular flexibility index (Phi) is 5.37. The summed E-state index contributed by atoms with van der Waals surface area (Å²) in [5.41, 5.74) is -1.53. The maximum absolute atomic E-state index is 13.8. The molecule has 10 nitrogen and oxygen atoms in total. The first-order chi connectivity index (χ1) is 16.7. The van der Waals surface area contributed by atoms with Crippen LogP contribution in [0, 0.1) is 22.0 Å². The SMILES string of the molecule is O=C1C2C(c3cccs3)NC(Cc3ccc(O)cc3)(C(=O)O)C2C(=O)N1c1cccc([N+](=O)[O-])c1. The molecule has 3 heterocycles. The van der Waals surface area contributed by atoms with Crippen molar-refractivity contribution in [2.75, 3.05) is 4.90 Å². The van der Waals surface area contributed by atoms with Gasteiger partial charge in [-0.15, -0.1) is 11.3 Å². The van der Waals surface area contributed by atoms with Crippen LogP contribution in [0.3, 0.4) is 0 Å². The molecule has 0 saturated carbocycles. The Hall–Kier alpha value is -4.09. The van der Waals surface area contributed by atoms with Crippen molar-refractivity contribution in [3.8, 4) is 5.75 Å². The topological polar surface area (TPSA) is 150 Å². The molecule has 178 valence electrons. The van der Waals surface area contributed by atoms with Gasteiger partial charge >= 0.3 is 5.97 Å². The highest BCUT2D eigenvalue weighted by atomic mass is 32.1. The first-order valence-electron chi connectivity index (χ1n) is 10.7. The summed E-state index contributed by atoms with van der Waals surface area (Å²) in [6.45, 7) is 0. The van der Waals surface area contributed by atoms with E-state index in [0.29, 0.717) is 10.4 Å². The molecule has 3 N–H and O–H groups in total. The van der Waals surface area contributed by atoms with Crippen molar-refractivity contribution < 1.29 is 29.5 Å². The van der Waals surface area contributed by atoms with E-state index >= 15 is 0 Å². The van der Waals surface area contributed by atoms with Crippen molar-refractivity contribution >= 4 is 40.5 Å². The van der Waals surface area contributed by atoms with Crippen molar-refractivity contribution in [1.29, 1.82) is 0 Å². The number of nitrogens with one attached hydrogen (secondary N) is 1. The number of non-ortho nitro benzene ring substituents is 1. The molecule has 2 aliphatic heterocycles. The van der Waals surface area contributed by atoms with E-state index in [2.05, 4.69) is 5.32 Å². The lowest BCUT2D eigenvalue weighted by Crippen LogP contribution is -2.57. The van der Waals surface area contributed by atoms with Crippen LogP contribution >= 0.6 is 11.3 Å². The lowest BCUT2D eigenvalue weighted by molar-refractivity contribution is -0.384. The number of hydrogen-bond donors (Lipinski definition) is 3. The number of rotatable bonds is 6. The molecule has 0 radical (unpaired) electrons. The lowest BCUT2D eigenvalue weighted by atomic mass is 9.76. The first kappa shape index (κ1) is 22.7. The van der Waals surface area contributed by atoms with E-state index in [9.17, 15) is 34.7 Å². The Balaban J connectivity index is 1.64. The minimum atomic E-state index is -1.82. The summed E-state index contributed by atoms with van der Waals surface area (Å²) in [5.74, 6) is -4.90. The standard InChI is InChI=1S/C24H19N3O7S/c28-16-8-6-13(7-9-16)12-24(23(31)32)19-18(20(25-24)17-5-2-10-35-17)21(29)26(22(19)30)14-3-1-4-15(11-14)27(33)34/h1-11,18-20,25,28H,12H2,(H,31,32). The zero-order valence-corrected chi connectivity index (χ0v) is 18.8. The van der Waals surface area contributed by atoms with E-state index in [1.165, 1.54) is 41.7 Å². The number of fused-ring (bicyclic) bond motifs is 1. The van der Waals surface area contributed by atoms with E-state index in [1.54, 1.807) is 29.6 Å². The number of amides is 2. The Morgan fingerprint density at radius 2 is 1.86 bits per heavy atom. The van der Waals surface area contributed by atoms with Gasteiger partial charge in [0.1, 0.15) is 11.3 Å². The summed E-state index contributed by atoms with van der Waals surface area (Å²) in [5, 5.41) is 36.2. The average Bonchev–Trinajstić information content (AvgIpc) is 3.53. The molecule has 2 fully saturated rings. The zero-order chi connectivity index (χ0) is 24.9. The number of hydrogen-bond acceptors (Lipinski definition) is 8. The van der Waals surface area contributed by atoms with Gasteiger partial charge in [-0.25, -0.2) is 4.90 Å². The summed E-state index contributed by atoms with van der Waals surface area (Å²) < 4.78 is 0. The van der Waals surface area contributed by atoms with E-state index < -0.39 is 46.1 Å². The normalized spacial score (nSPS) is 25.6. The predicted molar refractivity (Wildman–Crippen MR) is 125 cm³/mol. The highest BCUT2D eigenvalue weighted by Gasteiger charge is 2.68. The lowest BCUT2D eigenvalue weighted by Gasteiger charge is -2.31. The number of carbonyl (C=O) groups is 3. The molecule has 0 spiro atoms. The molecule has 11 heteroatoms. The van der Waals surface area contributed by atoms with Crippen molar-refractivity contribution in [1.82, 2.24) is 5.32 Å². The molecule has 1 aromatic heterocycles. The number of imide groups is 1. The van der Waals surface area contributed by atoms with Crippen LogP contribution in [-0.2, 0) is 20.8 Å². The van der Waals surface area contributed by atoms with Gasteiger partial charge in [0.2, 0.25) is 11.8 Å². The Morgan fingerprint density at radius 3 is 2.49 bits per heavy atom. The van der Waals surface area contributed by atoms with Crippen LogP contribution in [0.4, 0.5) is 11.4 Å². The highest BCUT2D eigenvalue weighted by Crippen LogP contribution is 2.51. The van der Waals surface area contributed by atoms with E-state index in [0.717, 1.165) is 11.0 Å². The van der Waals surface area contributed by atoms with Crippen molar-refractivity contribution in [2.24, 2.45) is 11.8 Å². The third kappa shape index (κ3) is 3.56. The molecule has 3 aromatic rings. The van der Waals surface area contributed by atoms with Crippen molar-refractivity contribution in [3.05, 3.63) is 86.6 Å². The number of carboxylic acid groups (broad SMARTS) is 1. The number of phenols is 1. The van der Waals surface area contributed by atoms with Crippen LogP contribution in [0.5, 0.6) is 5.75 Å². The van der Waals surface area contributed by atoms with Crippen LogP contribution in [0.1, 0.15) is 16.5 Å². The van der Waals surface area contributed by atoms with Gasteiger partial charge in [-0.2, -0.15) is 0 Å². The number of anilines is 1. The maximum Gasteiger partial charge on any atom is 0.325 e. The van der Waals surface area contributed by atoms with Crippen molar-refractivity contribution in [2.45, 2.75) is 18.0 Å². The van der Waals surface area contributed by atoms with Crippen molar-refractivity contribution in [3.63, 3.8) is 0 Å². The van der Waals surface area contributed by atoms with E-state index in [4.69, 9.17) is 0 Å². The molecular weight excluding hydrogens is 474 g/mol. The van der Waals surface area contributed by atoms with Gasteiger partial charge in [-0.3, -0.25) is 29.8 Å². The molecule has 35 heavy (non-hydrogen) atoms. The Morgan fingerprint density at radius 1 is 1.11 bits per heavy atom. The fraction of sp³-hybridized carbons (Fsp3) is 0.208. The van der Waals surface area contributed by atoms with Gasteiger partial charge in [0.25, 0.3) is 5.69 Å². The molecule has 0 aliphatic carbocycles. The van der Waals surface area contributed by atoms with E-state index in [1.807, 2.05) is 0 Å². The van der Waals surface area contributed by atoms with Crippen LogP contribution in [0.15, 0.2) is 66.0 Å². The number of thiophene rings is 1. The largest absolute Gasteiger partial charge is 0.508 e. The molecule has 2 aromatic carbocycles. The Bertz CT molecular complexity index is 1340. The monoisotopic (exact) mass is 493 g/mol. The van der Waals surface area contributed by atoms with Crippen LogP contribution in [0.2, 0.25) is 0 Å². The molecule has 0 bridgehead atoms. The number of carboxylic acids is 1. The summed E-state index contributed by atoms with van der Waals surface area (Å²) in [6.07, 6.45) is -0.118. The highest BCUT2D eigenvalue weighted by molar-refractivity contribution is 7.10. The minimum Gasteiger partial charge on any atom is -0.508 e. The van der Waals surface area contributed by atoms with E-state index in [-0.39, 0.29) is 23.5 Å². The number of aliphatic carboxylic acids is 1.